The molecule has 2 aliphatic heterocycles. The standard InChI is InChI=1S/C13H8N2O7S2/c16-11(17)4-14-12(18)10(24-13(14)23)2-6-1-8-9(22-5-21-8)3-7(6)15(19)20/h1-3H,4-5H2,(H,16,17)/p-1/b10-2+. The van der Waals surface area contributed by atoms with E-state index in [1.165, 1.54) is 18.2 Å². The number of fused-ring (bicyclic) bond motifs is 1. The van der Waals surface area contributed by atoms with Crippen LogP contribution in [0.5, 0.6) is 11.5 Å². The second kappa shape index (κ2) is 6.09. The Balaban J connectivity index is 2.00. The van der Waals surface area contributed by atoms with Crippen molar-refractivity contribution in [2.45, 2.75) is 0 Å². The Kier molecular flexibility index (Phi) is 4.11. The number of ether oxygens (including phenoxy) is 2. The van der Waals surface area contributed by atoms with Gasteiger partial charge in [0.2, 0.25) is 6.79 Å². The van der Waals surface area contributed by atoms with Crippen LogP contribution in [-0.4, -0.2) is 39.4 Å². The Morgan fingerprint density at radius 3 is 2.71 bits per heavy atom. The number of carboxylic acid groups (broad SMARTS) is 1. The molecule has 0 aromatic heterocycles. The quantitative estimate of drug-likeness (QED) is 0.319. The summed E-state index contributed by atoms with van der Waals surface area (Å²) in [5.41, 5.74) is -0.150. The van der Waals surface area contributed by atoms with E-state index in [2.05, 4.69) is 0 Å². The van der Waals surface area contributed by atoms with Gasteiger partial charge in [0.05, 0.1) is 34.0 Å². The predicted molar refractivity (Wildman–Crippen MR) is 84.1 cm³/mol. The molecule has 1 amide bonds. The van der Waals surface area contributed by atoms with Gasteiger partial charge in [0.15, 0.2) is 11.5 Å². The summed E-state index contributed by atoms with van der Waals surface area (Å²) in [6.07, 6.45) is 1.27. The molecule has 9 nitrogen and oxygen atoms in total. The molecule has 1 aromatic rings. The first-order valence-corrected chi connectivity index (χ1v) is 7.62. The Bertz CT molecular complexity index is 821. The summed E-state index contributed by atoms with van der Waals surface area (Å²) in [5.74, 6) is -1.55. The molecule has 1 aromatic carbocycles. The van der Waals surface area contributed by atoms with Crippen molar-refractivity contribution in [2.75, 3.05) is 13.3 Å². The van der Waals surface area contributed by atoms with Gasteiger partial charge in [-0.1, -0.05) is 24.0 Å². The van der Waals surface area contributed by atoms with E-state index in [0.717, 1.165) is 16.7 Å². The smallest absolute Gasteiger partial charge is 0.280 e. The first-order chi connectivity index (χ1) is 11.4. The number of thioether (sulfide) groups is 1. The molecule has 0 bridgehead atoms. The van der Waals surface area contributed by atoms with Gasteiger partial charge in [-0.05, 0) is 12.1 Å². The van der Waals surface area contributed by atoms with Gasteiger partial charge in [-0.25, -0.2) is 0 Å². The number of carboxylic acids is 1. The van der Waals surface area contributed by atoms with Crippen LogP contribution in [0, 0.1) is 10.1 Å². The number of carbonyl (C=O) groups excluding carboxylic acids is 2. The lowest BCUT2D eigenvalue weighted by Crippen LogP contribution is -2.40. The number of nitro benzene ring substituents is 1. The molecule has 11 heteroatoms. The van der Waals surface area contributed by atoms with Crippen molar-refractivity contribution in [2.24, 2.45) is 0 Å². The summed E-state index contributed by atoms with van der Waals surface area (Å²) in [6.45, 7) is -0.727. The van der Waals surface area contributed by atoms with E-state index in [1.54, 1.807) is 0 Å². The highest BCUT2D eigenvalue weighted by Gasteiger charge is 2.33. The number of amides is 1. The predicted octanol–water partition coefficient (Wildman–Crippen LogP) is 0.275. The Labute approximate surface area is 144 Å². The Hall–Kier alpha value is -2.66. The van der Waals surface area contributed by atoms with Gasteiger partial charge in [0.25, 0.3) is 11.6 Å². The third-order valence-corrected chi connectivity index (χ3v) is 4.54. The molecule has 2 aliphatic rings. The summed E-state index contributed by atoms with van der Waals surface area (Å²) >= 11 is 5.81. The molecule has 0 atom stereocenters. The molecule has 124 valence electrons. The fourth-order valence-electron chi connectivity index (χ4n) is 2.13. The minimum absolute atomic E-state index is 0.0406. The minimum atomic E-state index is -1.46. The van der Waals surface area contributed by atoms with Crippen molar-refractivity contribution in [3.05, 3.63) is 32.7 Å². The number of nitrogens with zero attached hydrogens (tertiary/aromatic N) is 2. The molecule has 0 saturated carbocycles. The molecular weight excluding hydrogens is 360 g/mol. The molecule has 0 N–H and O–H groups in total. The maximum Gasteiger partial charge on any atom is 0.280 e. The van der Waals surface area contributed by atoms with Gasteiger partial charge < -0.3 is 19.4 Å². The van der Waals surface area contributed by atoms with Crippen LogP contribution in [-0.2, 0) is 9.59 Å². The lowest BCUT2D eigenvalue weighted by atomic mass is 10.1. The number of nitro groups is 1. The third kappa shape index (κ3) is 2.90. The SMILES string of the molecule is O=C([O-])CN1C(=O)/C(=C\c2cc3c(cc2[N+](=O)[O-])OCO3)SC1=S. The van der Waals surface area contributed by atoms with Crippen LogP contribution in [0.15, 0.2) is 17.0 Å². The van der Waals surface area contributed by atoms with E-state index in [0.29, 0.717) is 5.75 Å². The zero-order valence-corrected chi connectivity index (χ0v) is 13.3. The summed E-state index contributed by atoms with van der Waals surface area (Å²) < 4.78 is 10.3. The van der Waals surface area contributed by atoms with Crippen LogP contribution in [0.25, 0.3) is 6.08 Å². The fraction of sp³-hybridized carbons (Fsp3) is 0.154. The van der Waals surface area contributed by atoms with Gasteiger partial charge >= 0.3 is 0 Å². The molecule has 1 fully saturated rings. The van der Waals surface area contributed by atoms with E-state index < -0.39 is 23.3 Å². The van der Waals surface area contributed by atoms with Crippen molar-refractivity contribution < 1.29 is 29.1 Å². The highest BCUT2D eigenvalue weighted by Crippen LogP contribution is 2.40. The van der Waals surface area contributed by atoms with Gasteiger partial charge in [-0.3, -0.25) is 19.8 Å². The van der Waals surface area contributed by atoms with E-state index in [4.69, 9.17) is 21.7 Å². The molecular formula is C13H7N2O7S2-. The molecule has 0 unspecified atom stereocenters. The lowest BCUT2D eigenvalue weighted by Gasteiger charge is -2.14. The largest absolute Gasteiger partial charge is 0.548 e. The second-order valence-electron chi connectivity index (χ2n) is 4.66. The van der Waals surface area contributed by atoms with Crippen LogP contribution < -0.4 is 14.6 Å². The van der Waals surface area contributed by atoms with Crippen LogP contribution >= 0.6 is 24.0 Å². The molecule has 0 aliphatic carbocycles. The van der Waals surface area contributed by atoms with Crippen LogP contribution in [0.1, 0.15) is 5.56 Å². The van der Waals surface area contributed by atoms with Crippen molar-refractivity contribution in [3.8, 4) is 11.5 Å². The average molecular weight is 367 g/mol. The number of hydrogen-bond donors (Lipinski definition) is 0. The van der Waals surface area contributed by atoms with Gasteiger partial charge in [-0.15, -0.1) is 0 Å². The van der Waals surface area contributed by atoms with Crippen LogP contribution in [0.2, 0.25) is 0 Å². The van der Waals surface area contributed by atoms with Gasteiger partial charge in [-0.2, -0.15) is 0 Å². The molecule has 2 heterocycles. The topological polar surface area (TPSA) is 122 Å². The van der Waals surface area contributed by atoms with E-state index in [1.807, 2.05) is 0 Å². The second-order valence-corrected chi connectivity index (χ2v) is 6.34. The minimum Gasteiger partial charge on any atom is -0.548 e. The molecule has 1 saturated heterocycles. The molecule has 3 rings (SSSR count). The molecule has 0 spiro atoms. The van der Waals surface area contributed by atoms with Crippen molar-refractivity contribution >= 4 is 51.9 Å². The van der Waals surface area contributed by atoms with Crippen molar-refractivity contribution in [1.82, 2.24) is 4.90 Å². The highest BCUT2D eigenvalue weighted by atomic mass is 32.2. The number of benzene rings is 1. The summed E-state index contributed by atoms with van der Waals surface area (Å²) in [5, 5.41) is 21.9. The Morgan fingerprint density at radius 1 is 1.42 bits per heavy atom. The number of rotatable bonds is 4. The number of hydrogen-bond acceptors (Lipinski definition) is 9. The van der Waals surface area contributed by atoms with Crippen LogP contribution in [0.3, 0.4) is 0 Å². The number of carbonyl (C=O) groups is 2. The maximum absolute atomic E-state index is 12.2. The summed E-state index contributed by atoms with van der Waals surface area (Å²) in [6, 6.07) is 2.59. The maximum atomic E-state index is 12.2. The van der Waals surface area contributed by atoms with Crippen molar-refractivity contribution in [1.29, 1.82) is 0 Å². The van der Waals surface area contributed by atoms with Crippen LogP contribution in [0.4, 0.5) is 5.69 Å². The van der Waals surface area contributed by atoms with Gasteiger partial charge in [0.1, 0.15) is 4.32 Å². The summed E-state index contributed by atoms with van der Waals surface area (Å²) in [7, 11) is 0. The van der Waals surface area contributed by atoms with E-state index >= 15 is 0 Å². The lowest BCUT2D eigenvalue weighted by molar-refractivity contribution is -0.385. The zero-order valence-electron chi connectivity index (χ0n) is 11.7. The molecule has 0 radical (unpaired) electrons. The van der Waals surface area contributed by atoms with E-state index in [9.17, 15) is 24.8 Å². The first-order valence-electron chi connectivity index (χ1n) is 6.40. The summed E-state index contributed by atoms with van der Waals surface area (Å²) in [4.78, 5) is 34.4. The third-order valence-electron chi connectivity index (χ3n) is 3.17. The Morgan fingerprint density at radius 2 is 2.08 bits per heavy atom. The van der Waals surface area contributed by atoms with E-state index in [-0.39, 0.29) is 33.0 Å². The normalized spacial score (nSPS) is 17.7. The average Bonchev–Trinajstić information content (AvgIpc) is 3.06. The highest BCUT2D eigenvalue weighted by molar-refractivity contribution is 8.26. The fourth-order valence-corrected chi connectivity index (χ4v) is 3.37. The zero-order chi connectivity index (χ0) is 17.4. The van der Waals surface area contributed by atoms with Gasteiger partial charge in [0, 0.05) is 0 Å². The van der Waals surface area contributed by atoms with Crippen molar-refractivity contribution in [3.63, 3.8) is 0 Å². The number of aliphatic carboxylic acids is 1. The first kappa shape index (κ1) is 16.2. The number of thiocarbonyl (C=S) groups is 1. The monoisotopic (exact) mass is 367 g/mol. The molecule has 24 heavy (non-hydrogen) atoms.